The summed E-state index contributed by atoms with van der Waals surface area (Å²) in [4.78, 5) is 17.8. The average Bonchev–Trinajstić information content (AvgIpc) is 2.87. The predicted octanol–water partition coefficient (Wildman–Crippen LogP) is 1.77. The number of aromatic nitrogens is 1. The molecule has 0 N–H and O–H groups in total. The van der Waals surface area contributed by atoms with Gasteiger partial charge in [0.05, 0.1) is 10.3 Å². The number of halogens is 1. The van der Waals surface area contributed by atoms with Crippen LogP contribution in [0.25, 0.3) is 0 Å². The highest BCUT2D eigenvalue weighted by Crippen LogP contribution is 2.29. The molecule has 0 unspecified atom stereocenters. The van der Waals surface area contributed by atoms with Gasteiger partial charge in [0.1, 0.15) is 5.69 Å². The number of carbonyl (C=O) groups excluding carboxylic acids is 1. The van der Waals surface area contributed by atoms with Crippen molar-refractivity contribution < 1.29 is 13.2 Å². The number of hydrogen-bond donors (Lipinski definition) is 0. The lowest BCUT2D eigenvalue weighted by atomic mass is 10.2. The molecule has 0 aliphatic heterocycles. The topological polar surface area (TPSA) is 67.3 Å². The number of pyridine rings is 1. The lowest BCUT2D eigenvalue weighted by Gasteiger charge is -2.28. The van der Waals surface area contributed by atoms with Crippen LogP contribution in [0, 0.1) is 0 Å². The molecule has 7 heteroatoms. The number of amides is 1. The van der Waals surface area contributed by atoms with E-state index in [0.29, 0.717) is 17.9 Å². The third kappa shape index (κ3) is 3.12. The van der Waals surface area contributed by atoms with E-state index >= 15 is 0 Å². The summed E-state index contributed by atoms with van der Waals surface area (Å²) in [6.45, 7) is 0. The van der Waals surface area contributed by atoms with Crippen molar-refractivity contribution >= 4 is 27.3 Å². The zero-order chi connectivity index (χ0) is 14.9. The third-order valence-corrected chi connectivity index (χ3v) is 5.61. The molecule has 0 spiro atoms. The smallest absolute Gasteiger partial charge is 0.272 e. The van der Waals surface area contributed by atoms with Crippen LogP contribution in [0.1, 0.15) is 29.8 Å². The minimum atomic E-state index is -3.15. The quantitative estimate of drug-likeness (QED) is 0.852. The van der Waals surface area contributed by atoms with Gasteiger partial charge in [-0.3, -0.25) is 4.79 Å². The van der Waals surface area contributed by atoms with Crippen molar-refractivity contribution in [2.45, 2.75) is 30.6 Å². The fourth-order valence-corrected chi connectivity index (χ4v) is 4.28. The molecule has 1 aromatic rings. The first-order chi connectivity index (χ1) is 9.30. The minimum Gasteiger partial charge on any atom is -0.336 e. The van der Waals surface area contributed by atoms with Gasteiger partial charge in [-0.25, -0.2) is 13.4 Å². The standard InChI is InChI=1S/C13H17ClN2O3S/c1-16(11-4-3-5-12(11)20(2,18)19)13(17)10-7-6-9(14)8-15-10/h6-8,11-12H,3-5H2,1-2H3/t11-,12-/m1/s1. The van der Waals surface area contributed by atoms with Crippen LogP contribution in [0.2, 0.25) is 5.02 Å². The van der Waals surface area contributed by atoms with Crippen molar-refractivity contribution in [3.05, 3.63) is 29.0 Å². The number of rotatable bonds is 3. The molecule has 0 radical (unpaired) electrons. The molecule has 20 heavy (non-hydrogen) atoms. The van der Waals surface area contributed by atoms with Crippen LogP contribution in [0.5, 0.6) is 0 Å². The van der Waals surface area contributed by atoms with Crippen LogP contribution in [0.15, 0.2) is 18.3 Å². The van der Waals surface area contributed by atoms with E-state index < -0.39 is 15.1 Å². The molecule has 0 saturated heterocycles. The Morgan fingerprint density at radius 3 is 2.65 bits per heavy atom. The second-order valence-electron chi connectivity index (χ2n) is 5.14. The van der Waals surface area contributed by atoms with Crippen LogP contribution >= 0.6 is 11.6 Å². The van der Waals surface area contributed by atoms with E-state index in [2.05, 4.69) is 4.98 Å². The summed E-state index contributed by atoms with van der Waals surface area (Å²) in [5, 5.41) is -0.0252. The van der Waals surface area contributed by atoms with Gasteiger partial charge in [0.15, 0.2) is 9.84 Å². The molecule has 5 nitrogen and oxygen atoms in total. The van der Waals surface area contributed by atoms with Gasteiger partial charge in [-0.1, -0.05) is 11.6 Å². The van der Waals surface area contributed by atoms with E-state index in [-0.39, 0.29) is 17.6 Å². The molecule has 0 bridgehead atoms. The van der Waals surface area contributed by atoms with E-state index in [1.807, 2.05) is 0 Å². The maximum absolute atomic E-state index is 12.3. The number of sulfone groups is 1. The van der Waals surface area contributed by atoms with Gasteiger partial charge in [-0.2, -0.15) is 0 Å². The van der Waals surface area contributed by atoms with Crippen molar-refractivity contribution in [1.29, 1.82) is 0 Å². The highest BCUT2D eigenvalue weighted by Gasteiger charge is 2.39. The monoisotopic (exact) mass is 316 g/mol. The second-order valence-corrected chi connectivity index (χ2v) is 7.84. The van der Waals surface area contributed by atoms with Gasteiger partial charge in [-0.15, -0.1) is 0 Å². The molecule has 1 heterocycles. The largest absolute Gasteiger partial charge is 0.336 e. The van der Waals surface area contributed by atoms with Gasteiger partial charge in [0.25, 0.3) is 5.91 Å². The first-order valence-corrected chi connectivity index (χ1v) is 8.71. The summed E-state index contributed by atoms with van der Waals surface area (Å²) in [7, 11) is -1.52. The van der Waals surface area contributed by atoms with Gasteiger partial charge in [0.2, 0.25) is 0 Å². The van der Waals surface area contributed by atoms with Gasteiger partial charge >= 0.3 is 0 Å². The Morgan fingerprint density at radius 2 is 2.10 bits per heavy atom. The van der Waals surface area contributed by atoms with Crippen molar-refractivity contribution in [2.75, 3.05) is 13.3 Å². The summed E-state index contributed by atoms with van der Waals surface area (Å²) >= 11 is 5.74. The Balaban J connectivity index is 2.20. The van der Waals surface area contributed by atoms with Crippen molar-refractivity contribution in [3.63, 3.8) is 0 Å². The fourth-order valence-electron chi connectivity index (χ4n) is 2.68. The lowest BCUT2D eigenvalue weighted by Crippen LogP contribution is -2.44. The van der Waals surface area contributed by atoms with E-state index in [1.165, 1.54) is 17.4 Å². The highest BCUT2D eigenvalue weighted by molar-refractivity contribution is 7.91. The first kappa shape index (κ1) is 15.3. The van der Waals surface area contributed by atoms with Crippen LogP contribution in [0.3, 0.4) is 0 Å². The Labute approximate surface area is 123 Å². The molecule has 110 valence electrons. The first-order valence-electron chi connectivity index (χ1n) is 6.38. The van der Waals surface area contributed by atoms with Crippen LogP contribution in [-0.4, -0.2) is 48.8 Å². The van der Waals surface area contributed by atoms with E-state index in [1.54, 1.807) is 19.2 Å². The lowest BCUT2D eigenvalue weighted by molar-refractivity contribution is 0.0731. The Morgan fingerprint density at radius 1 is 1.40 bits per heavy atom. The molecular weight excluding hydrogens is 300 g/mol. The van der Waals surface area contributed by atoms with E-state index in [0.717, 1.165) is 6.42 Å². The summed E-state index contributed by atoms with van der Waals surface area (Å²) in [5.41, 5.74) is 0.274. The van der Waals surface area contributed by atoms with E-state index in [4.69, 9.17) is 11.6 Å². The number of hydrogen-bond acceptors (Lipinski definition) is 4. The van der Waals surface area contributed by atoms with Gasteiger partial charge < -0.3 is 4.90 Å². The average molecular weight is 317 g/mol. The third-order valence-electron chi connectivity index (χ3n) is 3.73. The van der Waals surface area contributed by atoms with Crippen LogP contribution < -0.4 is 0 Å². The van der Waals surface area contributed by atoms with Crippen LogP contribution in [0.4, 0.5) is 0 Å². The van der Waals surface area contributed by atoms with Crippen molar-refractivity contribution in [2.24, 2.45) is 0 Å². The summed E-state index contributed by atoms with van der Waals surface area (Å²) in [6.07, 6.45) is 4.76. The molecule has 2 atom stereocenters. The highest BCUT2D eigenvalue weighted by atomic mass is 35.5. The molecule has 0 aromatic carbocycles. The number of carbonyl (C=O) groups is 1. The van der Waals surface area contributed by atoms with Gasteiger partial charge in [-0.05, 0) is 31.4 Å². The summed E-state index contributed by atoms with van der Waals surface area (Å²) < 4.78 is 23.6. The van der Waals surface area contributed by atoms with Crippen LogP contribution in [-0.2, 0) is 9.84 Å². The second kappa shape index (κ2) is 5.69. The molecule has 1 saturated carbocycles. The Kier molecular flexibility index (Phi) is 4.34. The van der Waals surface area contributed by atoms with Crippen molar-refractivity contribution in [1.82, 2.24) is 9.88 Å². The Bertz CT molecular complexity index is 601. The maximum Gasteiger partial charge on any atom is 0.272 e. The maximum atomic E-state index is 12.3. The Hall–Kier alpha value is -1.14. The van der Waals surface area contributed by atoms with Gasteiger partial charge in [0, 0.05) is 25.5 Å². The molecule has 2 rings (SSSR count). The molecule has 1 aliphatic carbocycles. The molecule has 1 fully saturated rings. The zero-order valence-electron chi connectivity index (χ0n) is 11.4. The van der Waals surface area contributed by atoms with Crippen molar-refractivity contribution in [3.8, 4) is 0 Å². The molecule has 1 amide bonds. The summed E-state index contributed by atoms with van der Waals surface area (Å²) in [5.74, 6) is -0.276. The summed E-state index contributed by atoms with van der Waals surface area (Å²) in [6, 6.07) is 2.86. The number of nitrogens with zero attached hydrogens (tertiary/aromatic N) is 2. The SMILES string of the molecule is CN(C(=O)c1ccc(Cl)cn1)[C@@H]1CCC[C@H]1S(C)(=O)=O. The molecule has 1 aromatic heterocycles. The minimum absolute atomic E-state index is 0.274. The molecular formula is C13H17ClN2O3S. The van der Waals surface area contributed by atoms with E-state index in [9.17, 15) is 13.2 Å². The fraction of sp³-hybridized carbons (Fsp3) is 0.538. The normalized spacial score (nSPS) is 22.8. The zero-order valence-corrected chi connectivity index (χ0v) is 13.0. The molecule has 1 aliphatic rings. The predicted molar refractivity (Wildman–Crippen MR) is 77.6 cm³/mol.